The van der Waals surface area contributed by atoms with Crippen molar-refractivity contribution in [3.63, 3.8) is 0 Å². The number of ether oxygens (including phenoxy) is 3. The van der Waals surface area contributed by atoms with E-state index in [2.05, 4.69) is 34.6 Å². The van der Waals surface area contributed by atoms with Crippen molar-refractivity contribution in [1.82, 2.24) is 0 Å². The van der Waals surface area contributed by atoms with Crippen LogP contribution in [0.1, 0.15) is 317 Å². The number of hydrogen-bond acceptors (Lipinski definition) is 6. The number of carbonyl (C=O) groups is 3. The molecule has 2 atom stereocenters. The second kappa shape index (κ2) is 49.8. The first-order chi connectivity index (χ1) is 30.8. The molecule has 0 saturated carbocycles. The van der Waals surface area contributed by atoms with Crippen LogP contribution < -0.4 is 0 Å². The quantitative estimate of drug-likeness (QED) is 0.0344. The summed E-state index contributed by atoms with van der Waals surface area (Å²) in [6, 6.07) is 0. The number of unbranched alkanes of at least 4 members (excludes halogenated alkanes) is 35. The van der Waals surface area contributed by atoms with E-state index in [0.717, 1.165) is 69.6 Å². The van der Waals surface area contributed by atoms with Gasteiger partial charge in [0.2, 0.25) is 0 Å². The van der Waals surface area contributed by atoms with Gasteiger partial charge >= 0.3 is 17.9 Å². The second-order valence-electron chi connectivity index (χ2n) is 20.3. The van der Waals surface area contributed by atoms with Gasteiger partial charge in [0.25, 0.3) is 0 Å². The Bertz CT molecular complexity index is 964. The van der Waals surface area contributed by atoms with Crippen LogP contribution in [0.4, 0.5) is 0 Å². The smallest absolute Gasteiger partial charge is 0.306 e. The van der Waals surface area contributed by atoms with Crippen molar-refractivity contribution in [3.05, 3.63) is 0 Å². The molecule has 0 aromatic heterocycles. The maximum absolute atomic E-state index is 12.8. The van der Waals surface area contributed by atoms with Gasteiger partial charge in [0, 0.05) is 19.3 Å². The average Bonchev–Trinajstić information content (AvgIpc) is 3.27. The van der Waals surface area contributed by atoms with Crippen molar-refractivity contribution in [1.29, 1.82) is 0 Å². The van der Waals surface area contributed by atoms with Gasteiger partial charge in [-0.3, -0.25) is 14.4 Å². The van der Waals surface area contributed by atoms with Gasteiger partial charge in [-0.05, 0) is 31.1 Å². The first-order valence-electron chi connectivity index (χ1n) is 28.3. The molecule has 63 heavy (non-hydrogen) atoms. The van der Waals surface area contributed by atoms with Gasteiger partial charge in [-0.25, -0.2) is 0 Å². The van der Waals surface area contributed by atoms with E-state index >= 15 is 0 Å². The van der Waals surface area contributed by atoms with Gasteiger partial charge in [0.1, 0.15) is 13.2 Å². The molecular formula is C57H110O6. The average molecular weight is 892 g/mol. The van der Waals surface area contributed by atoms with Gasteiger partial charge in [-0.2, -0.15) is 0 Å². The molecule has 1 unspecified atom stereocenters. The fourth-order valence-corrected chi connectivity index (χ4v) is 8.66. The lowest BCUT2D eigenvalue weighted by Crippen LogP contribution is -2.30. The van der Waals surface area contributed by atoms with Crippen LogP contribution in [0.2, 0.25) is 0 Å². The molecule has 0 amide bonds. The highest BCUT2D eigenvalue weighted by molar-refractivity contribution is 5.71. The first-order valence-corrected chi connectivity index (χ1v) is 28.3. The van der Waals surface area contributed by atoms with Crippen molar-refractivity contribution < 1.29 is 28.6 Å². The fraction of sp³-hybridized carbons (Fsp3) is 0.947. The highest BCUT2D eigenvalue weighted by Crippen LogP contribution is 2.18. The molecule has 0 aliphatic heterocycles. The van der Waals surface area contributed by atoms with Gasteiger partial charge < -0.3 is 14.2 Å². The standard InChI is InChI=1S/C57H110O6/c1-6-8-9-10-11-12-13-22-27-32-37-42-47-55(58)61-50-54(63-57(60)49-44-39-34-29-24-19-18-20-25-30-35-40-45-52(3)4)51-62-56(59)48-43-38-33-28-23-17-15-14-16-21-26-31-36-41-46-53(5)7-2/h52-54H,6-51H2,1-5H3/t53?,54-/m0/s1. The Hall–Kier alpha value is -1.59. The van der Waals surface area contributed by atoms with Crippen LogP contribution in [-0.4, -0.2) is 37.2 Å². The summed E-state index contributed by atoms with van der Waals surface area (Å²) in [4.78, 5) is 38.1. The minimum atomic E-state index is -0.762. The normalized spacial score (nSPS) is 12.5. The van der Waals surface area contributed by atoms with E-state index in [1.165, 1.54) is 205 Å². The molecule has 0 radical (unpaired) electrons. The van der Waals surface area contributed by atoms with Crippen LogP contribution in [-0.2, 0) is 28.6 Å². The largest absolute Gasteiger partial charge is 0.462 e. The maximum atomic E-state index is 12.8. The Morgan fingerprint density at radius 2 is 0.603 bits per heavy atom. The Labute approximate surface area is 393 Å². The van der Waals surface area contributed by atoms with Crippen molar-refractivity contribution >= 4 is 17.9 Å². The summed E-state index contributed by atoms with van der Waals surface area (Å²) in [5.41, 5.74) is 0. The van der Waals surface area contributed by atoms with Crippen LogP contribution in [0.5, 0.6) is 0 Å². The van der Waals surface area contributed by atoms with Crippen LogP contribution >= 0.6 is 0 Å². The summed E-state index contributed by atoms with van der Waals surface area (Å²) in [6.45, 7) is 11.4. The molecule has 0 aromatic carbocycles. The van der Waals surface area contributed by atoms with Gasteiger partial charge in [0.05, 0.1) is 0 Å². The minimum absolute atomic E-state index is 0.0629. The zero-order valence-corrected chi connectivity index (χ0v) is 43.2. The van der Waals surface area contributed by atoms with E-state index in [1.54, 1.807) is 0 Å². The van der Waals surface area contributed by atoms with Crippen molar-refractivity contribution in [3.8, 4) is 0 Å². The molecule has 0 aliphatic carbocycles. The fourth-order valence-electron chi connectivity index (χ4n) is 8.66. The Kier molecular flexibility index (Phi) is 48.6. The lowest BCUT2D eigenvalue weighted by atomic mass is 9.99. The van der Waals surface area contributed by atoms with E-state index in [0.29, 0.717) is 19.3 Å². The van der Waals surface area contributed by atoms with Crippen molar-refractivity contribution in [2.45, 2.75) is 323 Å². The molecule has 0 rings (SSSR count). The molecule has 0 aliphatic rings. The summed E-state index contributed by atoms with van der Waals surface area (Å²) in [6.07, 6.45) is 52.2. The van der Waals surface area contributed by atoms with Gasteiger partial charge in [-0.15, -0.1) is 0 Å². The molecule has 6 nitrogen and oxygen atoms in total. The van der Waals surface area contributed by atoms with Gasteiger partial charge in [-0.1, -0.05) is 279 Å². The molecule has 0 spiro atoms. The summed E-state index contributed by atoms with van der Waals surface area (Å²) in [5.74, 6) is 0.887. The molecular weight excluding hydrogens is 781 g/mol. The van der Waals surface area contributed by atoms with E-state index < -0.39 is 6.10 Å². The predicted octanol–water partition coefficient (Wildman–Crippen LogP) is 18.5. The topological polar surface area (TPSA) is 78.9 Å². The van der Waals surface area contributed by atoms with Crippen LogP contribution in [0.3, 0.4) is 0 Å². The van der Waals surface area contributed by atoms with E-state index in [9.17, 15) is 14.4 Å². The summed E-state index contributed by atoms with van der Waals surface area (Å²) in [5, 5.41) is 0. The van der Waals surface area contributed by atoms with E-state index in [1.807, 2.05) is 0 Å². The highest BCUT2D eigenvalue weighted by Gasteiger charge is 2.19. The Morgan fingerprint density at radius 1 is 0.333 bits per heavy atom. The molecule has 6 heteroatoms. The van der Waals surface area contributed by atoms with E-state index in [4.69, 9.17) is 14.2 Å². The molecule has 0 heterocycles. The minimum Gasteiger partial charge on any atom is -0.462 e. The maximum Gasteiger partial charge on any atom is 0.306 e. The molecule has 0 bridgehead atoms. The monoisotopic (exact) mass is 891 g/mol. The van der Waals surface area contributed by atoms with Crippen molar-refractivity contribution in [2.24, 2.45) is 11.8 Å². The molecule has 0 N–H and O–H groups in total. The van der Waals surface area contributed by atoms with Crippen LogP contribution in [0.15, 0.2) is 0 Å². The van der Waals surface area contributed by atoms with E-state index in [-0.39, 0.29) is 31.1 Å². The Balaban J connectivity index is 4.28. The van der Waals surface area contributed by atoms with Crippen LogP contribution in [0.25, 0.3) is 0 Å². The number of hydrogen-bond donors (Lipinski definition) is 0. The zero-order valence-electron chi connectivity index (χ0n) is 43.2. The summed E-state index contributed by atoms with van der Waals surface area (Å²) < 4.78 is 16.9. The number of esters is 3. The highest BCUT2D eigenvalue weighted by atomic mass is 16.6. The third-order valence-electron chi connectivity index (χ3n) is 13.3. The predicted molar refractivity (Wildman–Crippen MR) is 270 cm³/mol. The molecule has 374 valence electrons. The van der Waals surface area contributed by atoms with Crippen LogP contribution in [0, 0.1) is 11.8 Å². The van der Waals surface area contributed by atoms with Crippen molar-refractivity contribution in [2.75, 3.05) is 13.2 Å². The number of carbonyl (C=O) groups excluding carboxylic acids is 3. The zero-order chi connectivity index (χ0) is 46.1. The first kappa shape index (κ1) is 61.4. The second-order valence-corrected chi connectivity index (χ2v) is 20.3. The summed E-state index contributed by atoms with van der Waals surface area (Å²) >= 11 is 0. The number of rotatable bonds is 51. The lowest BCUT2D eigenvalue weighted by molar-refractivity contribution is -0.167. The Morgan fingerprint density at radius 3 is 0.905 bits per heavy atom. The third-order valence-corrected chi connectivity index (χ3v) is 13.3. The lowest BCUT2D eigenvalue weighted by Gasteiger charge is -2.18. The van der Waals surface area contributed by atoms with Gasteiger partial charge in [0.15, 0.2) is 6.10 Å². The molecule has 0 aromatic rings. The summed E-state index contributed by atoms with van der Waals surface area (Å²) in [7, 11) is 0. The third kappa shape index (κ3) is 49.7. The molecule has 0 fully saturated rings. The SMILES string of the molecule is CCCCCCCCCCCCCCC(=O)OC[C@@H](COC(=O)CCCCCCCCCCCCCCCCC(C)CC)OC(=O)CCCCCCCCCCCCCCC(C)C. The molecule has 0 saturated heterocycles.